The van der Waals surface area contributed by atoms with E-state index in [1.807, 2.05) is 25.1 Å². The molecule has 1 aromatic carbocycles. The lowest BCUT2D eigenvalue weighted by Crippen LogP contribution is -2.16. The Labute approximate surface area is 109 Å². The molecule has 1 N–H and O–H groups in total. The van der Waals surface area contributed by atoms with E-state index in [1.54, 1.807) is 19.1 Å². The lowest BCUT2D eigenvalue weighted by molar-refractivity contribution is 0.400. The molecule has 0 fully saturated rings. The van der Waals surface area contributed by atoms with Crippen LogP contribution in [0.1, 0.15) is 12.5 Å². The summed E-state index contributed by atoms with van der Waals surface area (Å²) in [7, 11) is 2.14. The summed E-state index contributed by atoms with van der Waals surface area (Å²) < 4.78 is 30.9. The smallest absolute Gasteiger partial charge is 0.232 e. The van der Waals surface area contributed by atoms with E-state index in [4.69, 9.17) is 4.74 Å². The molecule has 5 nitrogen and oxygen atoms in total. The van der Waals surface area contributed by atoms with E-state index in [1.165, 1.54) is 7.11 Å². The summed E-state index contributed by atoms with van der Waals surface area (Å²) in [5.74, 6) is 0.558. The van der Waals surface area contributed by atoms with Crippen LogP contribution in [0.2, 0.25) is 0 Å². The summed E-state index contributed by atoms with van der Waals surface area (Å²) in [5, 5.41) is 0. The number of sulfonamides is 1. The number of nitrogens with one attached hydrogen (secondary N) is 1. The van der Waals surface area contributed by atoms with Crippen LogP contribution in [0.15, 0.2) is 18.2 Å². The Morgan fingerprint density at radius 1 is 1.33 bits per heavy atom. The number of rotatable bonds is 6. The van der Waals surface area contributed by atoms with Gasteiger partial charge in [0.05, 0.1) is 18.6 Å². The van der Waals surface area contributed by atoms with Crippen LogP contribution in [-0.4, -0.2) is 40.3 Å². The number of ether oxygens (including phenoxy) is 1. The van der Waals surface area contributed by atoms with Gasteiger partial charge in [0, 0.05) is 6.54 Å². The van der Waals surface area contributed by atoms with Crippen LogP contribution in [0.4, 0.5) is 5.69 Å². The van der Waals surface area contributed by atoms with Gasteiger partial charge >= 0.3 is 0 Å². The fourth-order valence-corrected chi connectivity index (χ4v) is 2.18. The first-order valence-electron chi connectivity index (χ1n) is 5.70. The molecule has 0 saturated carbocycles. The van der Waals surface area contributed by atoms with E-state index in [0.29, 0.717) is 11.4 Å². The van der Waals surface area contributed by atoms with Crippen LogP contribution < -0.4 is 9.46 Å². The fraction of sp³-hybridized carbons (Fsp3) is 0.500. The summed E-state index contributed by atoms with van der Waals surface area (Å²) in [4.78, 5) is 2.01. The van der Waals surface area contributed by atoms with Crippen molar-refractivity contribution in [2.24, 2.45) is 0 Å². The monoisotopic (exact) mass is 272 g/mol. The van der Waals surface area contributed by atoms with Crippen molar-refractivity contribution >= 4 is 15.7 Å². The third kappa shape index (κ3) is 4.19. The Hall–Kier alpha value is -1.27. The highest BCUT2D eigenvalue weighted by molar-refractivity contribution is 7.92. The molecule has 0 radical (unpaired) electrons. The zero-order valence-electron chi connectivity index (χ0n) is 11.2. The highest BCUT2D eigenvalue weighted by Gasteiger charge is 2.12. The highest BCUT2D eigenvalue weighted by atomic mass is 32.2. The van der Waals surface area contributed by atoms with E-state index in [2.05, 4.69) is 4.72 Å². The van der Waals surface area contributed by atoms with Gasteiger partial charge in [-0.15, -0.1) is 0 Å². The Balaban J connectivity index is 3.06. The number of hydrogen-bond donors (Lipinski definition) is 1. The predicted octanol–water partition coefficient (Wildman–Crippen LogP) is 1.52. The third-order valence-electron chi connectivity index (χ3n) is 2.41. The molecule has 0 unspecified atom stereocenters. The first-order chi connectivity index (χ1) is 8.38. The zero-order chi connectivity index (χ0) is 13.8. The summed E-state index contributed by atoms with van der Waals surface area (Å²) in [6.07, 6.45) is 0. The van der Waals surface area contributed by atoms with E-state index < -0.39 is 10.0 Å². The van der Waals surface area contributed by atoms with Crippen molar-refractivity contribution in [1.82, 2.24) is 4.90 Å². The van der Waals surface area contributed by atoms with Crippen LogP contribution in [0, 0.1) is 0 Å². The summed E-state index contributed by atoms with van der Waals surface area (Å²) in [6, 6.07) is 5.49. The van der Waals surface area contributed by atoms with Gasteiger partial charge in [0.1, 0.15) is 5.75 Å². The number of hydrogen-bond acceptors (Lipinski definition) is 4. The lowest BCUT2D eigenvalue weighted by Gasteiger charge is -2.14. The minimum atomic E-state index is -3.29. The molecule has 0 amide bonds. The molecule has 18 heavy (non-hydrogen) atoms. The van der Waals surface area contributed by atoms with Crippen molar-refractivity contribution < 1.29 is 13.2 Å². The van der Waals surface area contributed by atoms with Crippen molar-refractivity contribution in [1.29, 1.82) is 0 Å². The summed E-state index contributed by atoms with van der Waals surface area (Å²) in [5.41, 5.74) is 1.51. The molecular formula is C12H20N2O3S. The average molecular weight is 272 g/mol. The average Bonchev–Trinajstić information content (AvgIpc) is 2.28. The first-order valence-corrected chi connectivity index (χ1v) is 7.35. The molecule has 0 heterocycles. The van der Waals surface area contributed by atoms with Gasteiger partial charge in [0.25, 0.3) is 0 Å². The van der Waals surface area contributed by atoms with Crippen molar-refractivity contribution in [2.45, 2.75) is 13.5 Å². The van der Waals surface area contributed by atoms with Crippen LogP contribution in [0.25, 0.3) is 0 Å². The second kappa shape index (κ2) is 6.06. The van der Waals surface area contributed by atoms with Crippen molar-refractivity contribution in [3.05, 3.63) is 23.8 Å². The molecule has 102 valence electrons. The van der Waals surface area contributed by atoms with Gasteiger partial charge in [0.2, 0.25) is 10.0 Å². The maximum atomic E-state index is 11.6. The minimum absolute atomic E-state index is 0.0358. The number of nitrogens with zero attached hydrogens (tertiary/aromatic N) is 1. The highest BCUT2D eigenvalue weighted by Crippen LogP contribution is 2.26. The summed E-state index contributed by atoms with van der Waals surface area (Å²) in [6.45, 7) is 2.34. The first kappa shape index (κ1) is 14.8. The Kier molecular flexibility index (Phi) is 4.98. The second-order valence-corrected chi connectivity index (χ2v) is 6.29. The topological polar surface area (TPSA) is 58.6 Å². The van der Waals surface area contributed by atoms with Crippen LogP contribution in [-0.2, 0) is 16.6 Å². The van der Waals surface area contributed by atoms with E-state index in [9.17, 15) is 8.42 Å². The van der Waals surface area contributed by atoms with Gasteiger partial charge in [-0.05, 0) is 38.7 Å². The van der Waals surface area contributed by atoms with Crippen LogP contribution in [0.5, 0.6) is 5.75 Å². The maximum absolute atomic E-state index is 11.6. The Bertz CT molecular complexity index is 498. The minimum Gasteiger partial charge on any atom is -0.495 e. The standard InChI is InChI=1S/C12H20N2O3S/c1-5-18(15,16)13-11-8-10(9-14(2)3)6-7-12(11)17-4/h6-8,13H,5,9H2,1-4H3. The normalized spacial score (nSPS) is 11.6. The van der Waals surface area contributed by atoms with Gasteiger partial charge in [-0.25, -0.2) is 8.42 Å². The second-order valence-electron chi connectivity index (χ2n) is 4.28. The lowest BCUT2D eigenvalue weighted by atomic mass is 10.2. The van der Waals surface area contributed by atoms with Gasteiger partial charge in [-0.1, -0.05) is 6.07 Å². The van der Waals surface area contributed by atoms with Crippen molar-refractivity contribution in [2.75, 3.05) is 31.7 Å². The molecule has 1 aromatic rings. The molecule has 0 aliphatic heterocycles. The Morgan fingerprint density at radius 2 is 2.00 bits per heavy atom. The molecule has 1 rings (SSSR count). The van der Waals surface area contributed by atoms with Gasteiger partial charge in [-0.3, -0.25) is 4.72 Å². The molecule has 0 saturated heterocycles. The largest absolute Gasteiger partial charge is 0.495 e. The van der Waals surface area contributed by atoms with E-state index in [-0.39, 0.29) is 5.75 Å². The van der Waals surface area contributed by atoms with Gasteiger partial charge in [-0.2, -0.15) is 0 Å². The van der Waals surface area contributed by atoms with Crippen LogP contribution in [0.3, 0.4) is 0 Å². The molecule has 0 bridgehead atoms. The predicted molar refractivity (Wildman–Crippen MR) is 73.5 cm³/mol. The summed E-state index contributed by atoms with van der Waals surface area (Å²) >= 11 is 0. The van der Waals surface area contributed by atoms with Gasteiger partial charge in [0.15, 0.2) is 0 Å². The molecule has 0 atom stereocenters. The van der Waals surface area contributed by atoms with E-state index in [0.717, 1.165) is 12.1 Å². The molecular weight excluding hydrogens is 252 g/mol. The fourth-order valence-electron chi connectivity index (χ4n) is 1.54. The number of methoxy groups -OCH3 is 1. The molecule has 0 spiro atoms. The molecule has 0 aliphatic carbocycles. The molecule has 6 heteroatoms. The van der Waals surface area contributed by atoms with E-state index >= 15 is 0 Å². The third-order valence-corrected chi connectivity index (χ3v) is 3.70. The Morgan fingerprint density at radius 3 is 2.50 bits per heavy atom. The maximum Gasteiger partial charge on any atom is 0.232 e. The zero-order valence-corrected chi connectivity index (χ0v) is 12.0. The quantitative estimate of drug-likeness (QED) is 0.853. The molecule has 0 aliphatic rings. The van der Waals surface area contributed by atoms with Gasteiger partial charge < -0.3 is 9.64 Å². The SMILES string of the molecule is CCS(=O)(=O)Nc1cc(CN(C)C)ccc1OC. The number of benzene rings is 1. The van der Waals surface area contributed by atoms with Crippen molar-refractivity contribution in [3.63, 3.8) is 0 Å². The van der Waals surface area contributed by atoms with Crippen molar-refractivity contribution in [3.8, 4) is 5.75 Å². The number of anilines is 1. The van der Waals surface area contributed by atoms with Crippen LogP contribution >= 0.6 is 0 Å². The molecule has 0 aromatic heterocycles.